The lowest BCUT2D eigenvalue weighted by molar-refractivity contribution is -0.139. The van der Waals surface area contributed by atoms with Gasteiger partial charge in [0.25, 0.3) is 0 Å². The van der Waals surface area contributed by atoms with Crippen LogP contribution in [0.25, 0.3) is 11.3 Å². The van der Waals surface area contributed by atoms with Crippen LogP contribution in [0.2, 0.25) is 0 Å². The molecule has 1 aromatic heterocycles. The zero-order chi connectivity index (χ0) is 14.2. The summed E-state index contributed by atoms with van der Waals surface area (Å²) in [5.41, 5.74) is 0.633. The predicted molar refractivity (Wildman–Crippen MR) is 64.1 cm³/mol. The van der Waals surface area contributed by atoms with E-state index in [1.165, 1.54) is 6.20 Å². The third kappa shape index (κ3) is 2.59. The van der Waals surface area contributed by atoms with E-state index in [1.807, 2.05) is 0 Å². The molecule has 0 spiro atoms. The van der Waals surface area contributed by atoms with Crippen LogP contribution in [-0.2, 0) is 6.18 Å². The van der Waals surface area contributed by atoms with Crippen molar-refractivity contribution in [3.05, 3.63) is 53.0 Å². The highest BCUT2D eigenvalue weighted by molar-refractivity contribution is 5.67. The Balaban J connectivity index is 2.69. The average molecular weight is 269 g/mol. The van der Waals surface area contributed by atoms with Crippen molar-refractivity contribution >= 4 is 0 Å². The van der Waals surface area contributed by atoms with Gasteiger partial charge in [0.05, 0.1) is 11.3 Å². The maximum Gasteiger partial charge on any atom is 0.419 e. The first-order valence-electron chi connectivity index (χ1n) is 5.60. The summed E-state index contributed by atoms with van der Waals surface area (Å²) in [7, 11) is 0. The highest BCUT2D eigenvalue weighted by Gasteiger charge is 2.34. The summed E-state index contributed by atoms with van der Waals surface area (Å²) in [6, 6.07) is 5.16. The molecule has 0 unspecified atom stereocenters. The van der Waals surface area contributed by atoms with Crippen molar-refractivity contribution in [2.24, 2.45) is 0 Å². The molecule has 1 nitrogen and oxygen atoms in total. The van der Waals surface area contributed by atoms with Gasteiger partial charge in [-0.2, -0.15) is 13.2 Å². The normalized spacial score (nSPS) is 11.7. The van der Waals surface area contributed by atoms with Crippen molar-refractivity contribution < 1.29 is 17.6 Å². The molecule has 0 saturated heterocycles. The number of hydrogen-bond donors (Lipinski definition) is 0. The quantitative estimate of drug-likeness (QED) is 0.693. The molecule has 0 saturated carbocycles. The topological polar surface area (TPSA) is 12.9 Å². The van der Waals surface area contributed by atoms with Crippen LogP contribution in [0.1, 0.15) is 16.7 Å². The van der Waals surface area contributed by atoms with Crippen molar-refractivity contribution in [1.82, 2.24) is 4.98 Å². The van der Waals surface area contributed by atoms with Crippen molar-refractivity contribution in [2.45, 2.75) is 20.0 Å². The van der Waals surface area contributed by atoms with E-state index in [2.05, 4.69) is 4.98 Å². The molecule has 1 heterocycles. The van der Waals surface area contributed by atoms with E-state index in [-0.39, 0.29) is 0 Å². The Hall–Kier alpha value is -1.91. The predicted octanol–water partition coefficient (Wildman–Crippen LogP) is 4.52. The van der Waals surface area contributed by atoms with Gasteiger partial charge in [-0.05, 0) is 43.2 Å². The van der Waals surface area contributed by atoms with Crippen LogP contribution in [0.5, 0.6) is 0 Å². The minimum atomic E-state index is -4.71. The summed E-state index contributed by atoms with van der Waals surface area (Å²) < 4.78 is 51.6. The Morgan fingerprint density at radius 3 is 2.32 bits per heavy atom. The van der Waals surface area contributed by atoms with Gasteiger partial charge in [-0.15, -0.1) is 0 Å². The van der Waals surface area contributed by atoms with Crippen molar-refractivity contribution in [3.8, 4) is 11.3 Å². The number of nitrogens with zero attached hydrogens (tertiary/aromatic N) is 1. The third-order valence-electron chi connectivity index (χ3n) is 2.88. The van der Waals surface area contributed by atoms with Crippen molar-refractivity contribution in [1.29, 1.82) is 0 Å². The Kier molecular flexibility index (Phi) is 3.30. The maximum atomic E-state index is 13.4. The standard InChI is InChI=1S/C14H11F4N/c1-8-4-3-5-19-13(8)10-7-11(14(16,17)18)12(15)6-9(10)2/h3-7H,1-2H3. The molecule has 0 bridgehead atoms. The zero-order valence-electron chi connectivity index (χ0n) is 10.3. The molecule has 1 aromatic carbocycles. The first kappa shape index (κ1) is 13.5. The summed E-state index contributed by atoms with van der Waals surface area (Å²) in [5.74, 6) is -1.26. The van der Waals surface area contributed by atoms with Gasteiger partial charge in [-0.25, -0.2) is 4.39 Å². The van der Waals surface area contributed by atoms with E-state index in [1.54, 1.807) is 26.0 Å². The van der Waals surface area contributed by atoms with E-state index < -0.39 is 17.6 Å². The minimum Gasteiger partial charge on any atom is -0.256 e. The summed E-state index contributed by atoms with van der Waals surface area (Å²) in [6.45, 7) is 3.31. The van der Waals surface area contributed by atoms with E-state index in [0.717, 1.165) is 17.7 Å². The lowest BCUT2D eigenvalue weighted by Gasteiger charge is -2.13. The highest BCUT2D eigenvalue weighted by atomic mass is 19.4. The third-order valence-corrected chi connectivity index (χ3v) is 2.88. The van der Waals surface area contributed by atoms with Crippen LogP contribution in [0, 0.1) is 19.7 Å². The van der Waals surface area contributed by atoms with Crippen molar-refractivity contribution in [2.75, 3.05) is 0 Å². The number of aromatic nitrogens is 1. The molecule has 2 rings (SSSR count). The van der Waals surface area contributed by atoms with Crippen LogP contribution >= 0.6 is 0 Å². The van der Waals surface area contributed by atoms with E-state index >= 15 is 0 Å². The van der Waals surface area contributed by atoms with E-state index in [4.69, 9.17) is 0 Å². The van der Waals surface area contributed by atoms with Gasteiger partial charge in [-0.1, -0.05) is 6.07 Å². The molecule has 0 amide bonds. The lowest BCUT2D eigenvalue weighted by atomic mass is 9.98. The van der Waals surface area contributed by atoms with Crippen LogP contribution in [0.3, 0.4) is 0 Å². The number of benzene rings is 1. The van der Waals surface area contributed by atoms with Gasteiger partial charge in [0.1, 0.15) is 5.82 Å². The molecule has 0 aliphatic heterocycles. The Labute approximate surface area is 107 Å². The molecular formula is C14H11F4N. The number of alkyl halides is 3. The molecule has 0 aliphatic rings. The molecule has 100 valence electrons. The molecule has 19 heavy (non-hydrogen) atoms. The number of rotatable bonds is 1. The number of pyridine rings is 1. The number of halogens is 4. The Morgan fingerprint density at radius 1 is 1.05 bits per heavy atom. The molecule has 5 heteroatoms. The molecule has 0 N–H and O–H groups in total. The van der Waals surface area contributed by atoms with Crippen LogP contribution < -0.4 is 0 Å². The van der Waals surface area contributed by atoms with Crippen LogP contribution in [-0.4, -0.2) is 4.98 Å². The number of aryl methyl sites for hydroxylation is 2. The molecule has 0 radical (unpaired) electrons. The van der Waals surface area contributed by atoms with Crippen LogP contribution in [0.4, 0.5) is 17.6 Å². The van der Waals surface area contributed by atoms with Crippen molar-refractivity contribution in [3.63, 3.8) is 0 Å². The fraction of sp³-hybridized carbons (Fsp3) is 0.214. The summed E-state index contributed by atoms with van der Waals surface area (Å²) in [6.07, 6.45) is -3.21. The van der Waals surface area contributed by atoms with Gasteiger partial charge in [0, 0.05) is 11.8 Å². The van der Waals surface area contributed by atoms with E-state index in [0.29, 0.717) is 16.8 Å². The molecule has 0 aliphatic carbocycles. The first-order chi connectivity index (χ1) is 8.80. The van der Waals surface area contributed by atoms with Crippen LogP contribution in [0.15, 0.2) is 30.5 Å². The molecule has 0 fully saturated rings. The summed E-state index contributed by atoms with van der Waals surface area (Å²) >= 11 is 0. The molecule has 0 atom stereocenters. The smallest absolute Gasteiger partial charge is 0.256 e. The second kappa shape index (κ2) is 4.64. The monoisotopic (exact) mass is 269 g/mol. The summed E-state index contributed by atoms with van der Waals surface area (Å²) in [5, 5.41) is 0. The average Bonchev–Trinajstić information content (AvgIpc) is 2.29. The Bertz CT molecular complexity index is 617. The van der Waals surface area contributed by atoms with Gasteiger partial charge < -0.3 is 0 Å². The maximum absolute atomic E-state index is 13.4. The van der Waals surface area contributed by atoms with Gasteiger partial charge >= 0.3 is 6.18 Å². The minimum absolute atomic E-state index is 0.298. The second-order valence-electron chi connectivity index (χ2n) is 4.31. The highest BCUT2D eigenvalue weighted by Crippen LogP contribution is 2.36. The van der Waals surface area contributed by atoms with Gasteiger partial charge in [0.15, 0.2) is 0 Å². The van der Waals surface area contributed by atoms with E-state index in [9.17, 15) is 17.6 Å². The SMILES string of the molecule is Cc1cc(F)c(C(F)(F)F)cc1-c1ncccc1C. The zero-order valence-corrected chi connectivity index (χ0v) is 10.3. The lowest BCUT2D eigenvalue weighted by Crippen LogP contribution is -2.09. The molecular weight excluding hydrogens is 258 g/mol. The Morgan fingerprint density at radius 2 is 1.74 bits per heavy atom. The fourth-order valence-corrected chi connectivity index (χ4v) is 1.91. The largest absolute Gasteiger partial charge is 0.419 e. The van der Waals surface area contributed by atoms with Gasteiger partial charge in [0.2, 0.25) is 0 Å². The second-order valence-corrected chi connectivity index (χ2v) is 4.31. The number of hydrogen-bond acceptors (Lipinski definition) is 1. The molecule has 2 aromatic rings. The van der Waals surface area contributed by atoms with Gasteiger partial charge in [-0.3, -0.25) is 4.98 Å². The first-order valence-corrected chi connectivity index (χ1v) is 5.60. The fourth-order valence-electron chi connectivity index (χ4n) is 1.91. The summed E-state index contributed by atoms with van der Waals surface area (Å²) in [4.78, 5) is 4.07.